The maximum atomic E-state index is 12.0. The van der Waals surface area contributed by atoms with Crippen LogP contribution in [0.5, 0.6) is 11.6 Å². The first-order valence-electron chi connectivity index (χ1n) is 6.50. The van der Waals surface area contributed by atoms with Crippen molar-refractivity contribution in [2.24, 2.45) is 0 Å². The number of benzene rings is 1. The zero-order chi connectivity index (χ0) is 15.9. The highest BCUT2D eigenvalue weighted by Gasteiger charge is 2.10. The molecule has 0 saturated heterocycles. The second-order valence-electron chi connectivity index (χ2n) is 4.33. The number of ether oxygens (including phenoxy) is 2. The highest BCUT2D eigenvalue weighted by molar-refractivity contribution is 6.32. The number of methoxy groups -OCH3 is 2. The number of rotatable bonds is 5. The molecule has 2 aromatic rings. The Morgan fingerprint density at radius 3 is 2.82 bits per heavy atom. The SMILES string of the molecule is COc1cc(CNC(=O)Nc2cccc(Cl)c2OC)ccn1. The molecule has 0 aliphatic rings. The molecule has 1 aromatic carbocycles. The average molecular weight is 322 g/mol. The van der Waals surface area contributed by atoms with E-state index in [1.165, 1.54) is 14.2 Å². The van der Waals surface area contributed by atoms with Gasteiger partial charge in [0, 0.05) is 18.8 Å². The highest BCUT2D eigenvalue weighted by Crippen LogP contribution is 2.32. The molecule has 0 atom stereocenters. The molecule has 0 unspecified atom stereocenters. The van der Waals surface area contributed by atoms with E-state index in [2.05, 4.69) is 15.6 Å². The fraction of sp³-hybridized carbons (Fsp3) is 0.200. The molecule has 116 valence electrons. The van der Waals surface area contributed by atoms with E-state index in [0.717, 1.165) is 5.56 Å². The number of hydrogen-bond acceptors (Lipinski definition) is 4. The lowest BCUT2D eigenvalue weighted by Crippen LogP contribution is -2.28. The first kappa shape index (κ1) is 15.9. The number of amides is 2. The number of halogens is 1. The van der Waals surface area contributed by atoms with Gasteiger partial charge in [-0.25, -0.2) is 9.78 Å². The van der Waals surface area contributed by atoms with Crippen LogP contribution in [-0.2, 0) is 6.54 Å². The van der Waals surface area contributed by atoms with Crippen molar-refractivity contribution in [2.45, 2.75) is 6.54 Å². The van der Waals surface area contributed by atoms with Crippen LogP contribution in [0.3, 0.4) is 0 Å². The molecule has 0 radical (unpaired) electrons. The summed E-state index contributed by atoms with van der Waals surface area (Å²) < 4.78 is 10.2. The first-order chi connectivity index (χ1) is 10.6. The molecule has 6 nitrogen and oxygen atoms in total. The largest absolute Gasteiger partial charge is 0.493 e. The molecule has 0 saturated carbocycles. The van der Waals surface area contributed by atoms with Gasteiger partial charge in [0.2, 0.25) is 5.88 Å². The summed E-state index contributed by atoms with van der Waals surface area (Å²) in [7, 11) is 3.03. The summed E-state index contributed by atoms with van der Waals surface area (Å²) in [4.78, 5) is 16.0. The Kier molecular flexibility index (Phi) is 5.43. The smallest absolute Gasteiger partial charge is 0.319 e. The quantitative estimate of drug-likeness (QED) is 0.887. The minimum Gasteiger partial charge on any atom is -0.493 e. The summed E-state index contributed by atoms with van der Waals surface area (Å²) in [5, 5.41) is 5.86. The van der Waals surface area contributed by atoms with Crippen molar-refractivity contribution in [3.8, 4) is 11.6 Å². The van der Waals surface area contributed by atoms with E-state index in [9.17, 15) is 4.79 Å². The topological polar surface area (TPSA) is 72.5 Å². The van der Waals surface area contributed by atoms with Crippen molar-refractivity contribution in [3.05, 3.63) is 47.1 Å². The second-order valence-corrected chi connectivity index (χ2v) is 4.74. The fourth-order valence-corrected chi connectivity index (χ4v) is 2.09. The van der Waals surface area contributed by atoms with Crippen LogP contribution in [-0.4, -0.2) is 25.2 Å². The van der Waals surface area contributed by atoms with Crippen LogP contribution in [0.1, 0.15) is 5.56 Å². The molecule has 22 heavy (non-hydrogen) atoms. The lowest BCUT2D eigenvalue weighted by molar-refractivity contribution is 0.251. The lowest BCUT2D eigenvalue weighted by atomic mass is 10.2. The molecular weight excluding hydrogens is 306 g/mol. The van der Waals surface area contributed by atoms with Gasteiger partial charge in [-0.1, -0.05) is 17.7 Å². The Bertz CT molecular complexity index is 664. The second kappa shape index (κ2) is 7.51. The van der Waals surface area contributed by atoms with Crippen LogP contribution >= 0.6 is 11.6 Å². The molecule has 1 aromatic heterocycles. The Balaban J connectivity index is 1.97. The van der Waals surface area contributed by atoms with Crippen molar-refractivity contribution in [3.63, 3.8) is 0 Å². The number of pyridine rings is 1. The van der Waals surface area contributed by atoms with Crippen LogP contribution in [0, 0.1) is 0 Å². The molecule has 0 aliphatic heterocycles. The summed E-state index contributed by atoms with van der Waals surface area (Å²) in [6.45, 7) is 0.341. The van der Waals surface area contributed by atoms with E-state index in [1.807, 2.05) is 0 Å². The zero-order valence-corrected chi connectivity index (χ0v) is 13.0. The molecule has 2 N–H and O–H groups in total. The molecule has 0 aliphatic carbocycles. The van der Waals surface area contributed by atoms with Gasteiger partial charge in [-0.3, -0.25) is 0 Å². The van der Waals surface area contributed by atoms with Gasteiger partial charge in [0.15, 0.2) is 5.75 Å². The van der Waals surface area contributed by atoms with Crippen molar-refractivity contribution < 1.29 is 14.3 Å². The fourth-order valence-electron chi connectivity index (χ4n) is 1.84. The molecule has 0 bridgehead atoms. The van der Waals surface area contributed by atoms with Crippen LogP contribution < -0.4 is 20.1 Å². The standard InChI is InChI=1S/C15H16ClN3O3/c1-21-13-8-10(6-7-17-13)9-18-15(20)19-12-5-3-4-11(16)14(12)22-2/h3-8H,9H2,1-2H3,(H2,18,19,20). The Labute approximate surface area is 133 Å². The number of anilines is 1. The van der Waals surface area contributed by atoms with Gasteiger partial charge in [-0.05, 0) is 23.8 Å². The van der Waals surface area contributed by atoms with E-state index in [1.54, 1.807) is 36.5 Å². The number of nitrogens with one attached hydrogen (secondary N) is 2. The number of hydrogen-bond donors (Lipinski definition) is 2. The summed E-state index contributed by atoms with van der Waals surface area (Å²) in [6, 6.07) is 8.31. The maximum absolute atomic E-state index is 12.0. The predicted molar refractivity (Wildman–Crippen MR) is 84.7 cm³/mol. The molecule has 1 heterocycles. The van der Waals surface area contributed by atoms with Gasteiger partial charge in [-0.15, -0.1) is 0 Å². The van der Waals surface area contributed by atoms with Crippen molar-refractivity contribution in [2.75, 3.05) is 19.5 Å². The molecule has 2 amide bonds. The third kappa shape index (κ3) is 4.02. The van der Waals surface area contributed by atoms with Crippen molar-refractivity contribution in [1.82, 2.24) is 10.3 Å². The maximum Gasteiger partial charge on any atom is 0.319 e. The summed E-state index contributed by atoms with van der Waals surface area (Å²) in [5.41, 5.74) is 1.37. The van der Waals surface area contributed by atoms with Gasteiger partial charge < -0.3 is 20.1 Å². The first-order valence-corrected chi connectivity index (χ1v) is 6.88. The Morgan fingerprint density at radius 1 is 1.27 bits per heavy atom. The monoisotopic (exact) mass is 321 g/mol. The van der Waals surface area contributed by atoms with Crippen LogP contribution in [0.2, 0.25) is 5.02 Å². The Hall–Kier alpha value is -2.47. The van der Waals surface area contributed by atoms with Crippen LogP contribution in [0.4, 0.5) is 10.5 Å². The van der Waals surface area contributed by atoms with Gasteiger partial charge in [0.25, 0.3) is 0 Å². The molecule has 2 rings (SSSR count). The van der Waals surface area contributed by atoms with Gasteiger partial charge in [0.1, 0.15) is 0 Å². The summed E-state index contributed by atoms with van der Waals surface area (Å²) in [5.74, 6) is 0.918. The Morgan fingerprint density at radius 2 is 2.09 bits per heavy atom. The van der Waals surface area contributed by atoms with Gasteiger partial charge in [-0.2, -0.15) is 0 Å². The van der Waals surface area contributed by atoms with Crippen molar-refractivity contribution >= 4 is 23.3 Å². The van der Waals surface area contributed by atoms with E-state index in [-0.39, 0.29) is 6.03 Å². The molecular formula is C15H16ClN3O3. The minimum absolute atomic E-state index is 0.341. The van der Waals surface area contributed by atoms with E-state index in [4.69, 9.17) is 21.1 Å². The highest BCUT2D eigenvalue weighted by atomic mass is 35.5. The van der Waals surface area contributed by atoms with Gasteiger partial charge in [0.05, 0.1) is 24.9 Å². The number of nitrogens with zero attached hydrogens (tertiary/aromatic N) is 1. The number of carbonyl (C=O) groups excluding carboxylic acids is 1. The van der Waals surface area contributed by atoms with E-state index in [0.29, 0.717) is 28.9 Å². The number of aromatic nitrogens is 1. The minimum atomic E-state index is -0.364. The lowest BCUT2D eigenvalue weighted by Gasteiger charge is -2.12. The van der Waals surface area contributed by atoms with Crippen LogP contribution in [0.25, 0.3) is 0 Å². The van der Waals surface area contributed by atoms with Crippen molar-refractivity contribution in [1.29, 1.82) is 0 Å². The van der Waals surface area contributed by atoms with E-state index >= 15 is 0 Å². The third-order valence-electron chi connectivity index (χ3n) is 2.88. The normalized spacial score (nSPS) is 9.95. The zero-order valence-electron chi connectivity index (χ0n) is 12.2. The number of urea groups is 1. The third-order valence-corrected chi connectivity index (χ3v) is 3.18. The predicted octanol–water partition coefficient (Wildman–Crippen LogP) is 3.07. The average Bonchev–Trinajstić information content (AvgIpc) is 2.53. The van der Waals surface area contributed by atoms with E-state index < -0.39 is 0 Å². The molecule has 0 fully saturated rings. The van der Waals surface area contributed by atoms with Crippen LogP contribution in [0.15, 0.2) is 36.5 Å². The number of carbonyl (C=O) groups is 1. The molecule has 0 spiro atoms. The number of para-hydroxylation sites is 1. The van der Waals surface area contributed by atoms with Gasteiger partial charge >= 0.3 is 6.03 Å². The molecule has 7 heteroatoms. The summed E-state index contributed by atoms with van der Waals surface area (Å²) in [6.07, 6.45) is 1.62. The summed E-state index contributed by atoms with van der Waals surface area (Å²) >= 11 is 6.00.